The Balaban J connectivity index is 2.64. The van der Waals surface area contributed by atoms with Crippen molar-refractivity contribution in [3.63, 3.8) is 0 Å². The van der Waals surface area contributed by atoms with Gasteiger partial charge in [0.15, 0.2) is 0 Å². The summed E-state index contributed by atoms with van der Waals surface area (Å²) < 4.78 is 52.1. The molecule has 1 heterocycles. The molecule has 0 radical (unpaired) electrons. The predicted octanol–water partition coefficient (Wildman–Crippen LogP) is 1.64. The molecule has 0 N–H and O–H groups in total. The number of hydrogen-bond donors (Lipinski definition) is 0. The van der Waals surface area contributed by atoms with E-state index in [1.807, 2.05) is 0 Å². The average Bonchev–Trinajstić information content (AvgIpc) is 2.24. The Bertz CT molecular complexity index is 203. The fraction of sp³-hybridized carbons (Fsp3) is 0.800. The highest BCUT2D eigenvalue weighted by Gasteiger charge is 2.87. The number of nitrogens with zero attached hydrogens (tertiary/aromatic N) is 1. The van der Waals surface area contributed by atoms with E-state index < -0.39 is 23.1 Å². The van der Waals surface area contributed by atoms with Crippen molar-refractivity contribution in [1.29, 1.82) is 0 Å². The average molecular weight is 187 g/mol. The van der Waals surface area contributed by atoms with Gasteiger partial charge in [-0.15, -0.1) is 0 Å². The molecule has 1 saturated heterocycles. The Morgan fingerprint density at radius 1 is 1.33 bits per heavy atom. The van der Waals surface area contributed by atoms with Gasteiger partial charge in [-0.1, -0.05) is 0 Å². The third-order valence-electron chi connectivity index (χ3n) is 1.32. The van der Waals surface area contributed by atoms with Gasteiger partial charge in [0, 0.05) is 0 Å². The highest BCUT2D eigenvalue weighted by atomic mass is 19.3. The van der Waals surface area contributed by atoms with E-state index in [0.29, 0.717) is 0 Å². The molecule has 0 saturated carbocycles. The van der Waals surface area contributed by atoms with Gasteiger partial charge >= 0.3 is 18.2 Å². The second-order valence-electron chi connectivity index (χ2n) is 2.12. The maximum atomic E-state index is 12.0. The molecule has 0 aliphatic carbocycles. The van der Waals surface area contributed by atoms with Crippen molar-refractivity contribution in [2.45, 2.75) is 19.0 Å². The van der Waals surface area contributed by atoms with Crippen LogP contribution in [-0.2, 0) is 4.74 Å². The molecule has 0 aromatic rings. The second kappa shape index (κ2) is 2.24. The Morgan fingerprint density at radius 3 is 2.00 bits per heavy atom. The van der Waals surface area contributed by atoms with Gasteiger partial charge in [-0.3, -0.25) is 0 Å². The highest BCUT2D eigenvalue weighted by Crippen LogP contribution is 2.56. The molecule has 1 rings (SSSR count). The third kappa shape index (κ3) is 0.919. The van der Waals surface area contributed by atoms with Gasteiger partial charge in [-0.2, -0.15) is 22.5 Å². The smallest absolute Gasteiger partial charge is 0.419 e. The fourth-order valence-corrected chi connectivity index (χ4v) is 0.675. The molecule has 1 amide bonds. The Labute approximate surface area is 64.9 Å². The van der Waals surface area contributed by atoms with Gasteiger partial charge in [0.05, 0.1) is 6.61 Å². The fourth-order valence-electron chi connectivity index (χ4n) is 0.675. The van der Waals surface area contributed by atoms with Gasteiger partial charge in [0.1, 0.15) is 0 Å². The van der Waals surface area contributed by atoms with Crippen molar-refractivity contribution < 1.29 is 27.1 Å². The molecule has 0 bridgehead atoms. The number of halogens is 4. The summed E-state index contributed by atoms with van der Waals surface area (Å²) >= 11 is 0. The summed E-state index contributed by atoms with van der Waals surface area (Å²) in [7, 11) is 0. The second-order valence-corrected chi connectivity index (χ2v) is 2.12. The molecule has 0 unspecified atom stereocenters. The van der Waals surface area contributed by atoms with Crippen LogP contribution >= 0.6 is 0 Å². The summed E-state index contributed by atoms with van der Waals surface area (Å²) in [6.45, 7) is 1.11. The van der Waals surface area contributed by atoms with Crippen LogP contribution in [0, 0.1) is 0 Å². The maximum absolute atomic E-state index is 12.0. The van der Waals surface area contributed by atoms with Gasteiger partial charge in [-0.05, 0) is 6.92 Å². The van der Waals surface area contributed by atoms with Crippen LogP contribution in [0.4, 0.5) is 22.4 Å². The highest BCUT2D eigenvalue weighted by molar-refractivity contribution is 5.72. The van der Waals surface area contributed by atoms with Crippen molar-refractivity contribution in [2.24, 2.45) is 0 Å². The quantitative estimate of drug-likeness (QED) is 0.354. The number of carbonyl (C=O) groups excluding carboxylic acids is 1. The molecule has 7 heteroatoms. The summed E-state index contributed by atoms with van der Waals surface area (Å²) in [5, 5.41) is 0. The third-order valence-corrected chi connectivity index (χ3v) is 1.32. The molecule has 70 valence electrons. The number of ether oxygens (including phenoxy) is 1. The normalized spacial score (nSPS) is 23.6. The van der Waals surface area contributed by atoms with Gasteiger partial charge < -0.3 is 4.74 Å². The standard InChI is InChI=1S/C5H5F4NO2/c1-2-12-3(11)10-4(6,7)5(10,8)9/h2H2,1H3. The van der Waals surface area contributed by atoms with Crippen molar-refractivity contribution in [3.8, 4) is 0 Å². The monoisotopic (exact) mass is 187 g/mol. The van der Waals surface area contributed by atoms with Gasteiger partial charge in [0.25, 0.3) is 0 Å². The number of hydrogen-bond acceptors (Lipinski definition) is 2. The van der Waals surface area contributed by atoms with E-state index in [2.05, 4.69) is 4.74 Å². The lowest BCUT2D eigenvalue weighted by molar-refractivity contribution is -0.0278. The van der Waals surface area contributed by atoms with Crippen LogP contribution in [0.3, 0.4) is 0 Å². The lowest BCUT2D eigenvalue weighted by atomic mass is 10.8. The maximum Gasteiger partial charge on any atom is 0.419 e. The summed E-state index contributed by atoms with van der Waals surface area (Å²) in [6.07, 6.45) is -1.70. The topological polar surface area (TPSA) is 29.3 Å². The lowest BCUT2D eigenvalue weighted by Crippen LogP contribution is -2.18. The SMILES string of the molecule is CCOC(=O)N1C(F)(F)C1(F)F. The number of amides is 1. The molecule has 0 aromatic heterocycles. The minimum Gasteiger partial charge on any atom is -0.449 e. The van der Waals surface area contributed by atoms with E-state index in [0.717, 1.165) is 0 Å². The van der Waals surface area contributed by atoms with E-state index in [9.17, 15) is 22.4 Å². The zero-order valence-corrected chi connectivity index (χ0v) is 5.98. The summed E-state index contributed by atoms with van der Waals surface area (Å²) in [6, 6.07) is -8.78. The van der Waals surface area contributed by atoms with Crippen LogP contribution in [0.25, 0.3) is 0 Å². The van der Waals surface area contributed by atoms with Crippen LogP contribution < -0.4 is 0 Å². The van der Waals surface area contributed by atoms with Crippen LogP contribution in [0.1, 0.15) is 6.92 Å². The Hall–Kier alpha value is -1.01. The predicted molar refractivity (Wildman–Crippen MR) is 28.8 cm³/mol. The molecule has 0 aromatic carbocycles. The Morgan fingerprint density at radius 2 is 1.75 bits per heavy atom. The molecule has 1 aliphatic heterocycles. The van der Waals surface area contributed by atoms with Crippen LogP contribution in [-0.4, -0.2) is 29.7 Å². The molecule has 0 atom stereocenters. The number of rotatable bonds is 1. The molecule has 0 spiro atoms. The van der Waals surface area contributed by atoms with E-state index in [-0.39, 0.29) is 6.61 Å². The summed E-state index contributed by atoms with van der Waals surface area (Å²) in [5.74, 6) is 0. The summed E-state index contributed by atoms with van der Waals surface area (Å²) in [5.41, 5.74) is 0. The molecule has 3 nitrogen and oxygen atoms in total. The molecule has 1 fully saturated rings. The first-order chi connectivity index (χ1) is 5.35. The first-order valence-corrected chi connectivity index (χ1v) is 3.08. The zero-order valence-electron chi connectivity index (χ0n) is 5.98. The van der Waals surface area contributed by atoms with Crippen LogP contribution in [0.5, 0.6) is 0 Å². The van der Waals surface area contributed by atoms with Crippen LogP contribution in [0.2, 0.25) is 0 Å². The molecular weight excluding hydrogens is 182 g/mol. The van der Waals surface area contributed by atoms with Crippen LogP contribution in [0.15, 0.2) is 0 Å². The first kappa shape index (κ1) is 9.08. The minimum atomic E-state index is -4.39. The lowest BCUT2D eigenvalue weighted by Gasteiger charge is -2.00. The largest absolute Gasteiger partial charge is 0.449 e. The first-order valence-electron chi connectivity index (χ1n) is 3.08. The van der Waals surface area contributed by atoms with E-state index in [1.165, 1.54) is 6.92 Å². The summed E-state index contributed by atoms with van der Waals surface area (Å²) in [4.78, 5) is 9.48. The van der Waals surface area contributed by atoms with E-state index in [4.69, 9.17) is 0 Å². The number of carbonyl (C=O) groups is 1. The van der Waals surface area contributed by atoms with Crippen molar-refractivity contribution in [1.82, 2.24) is 4.90 Å². The zero-order chi connectivity index (χ0) is 9.57. The van der Waals surface area contributed by atoms with E-state index in [1.54, 1.807) is 0 Å². The molecule has 12 heavy (non-hydrogen) atoms. The minimum absolute atomic E-state index is 0.221. The van der Waals surface area contributed by atoms with Gasteiger partial charge in [-0.25, -0.2) is 4.79 Å². The molecule has 1 aliphatic rings. The van der Waals surface area contributed by atoms with Crippen molar-refractivity contribution in [2.75, 3.05) is 6.61 Å². The van der Waals surface area contributed by atoms with Crippen molar-refractivity contribution in [3.05, 3.63) is 0 Å². The van der Waals surface area contributed by atoms with Gasteiger partial charge in [0.2, 0.25) is 0 Å². The number of alkyl halides is 4. The van der Waals surface area contributed by atoms with Crippen molar-refractivity contribution >= 4 is 6.09 Å². The van der Waals surface area contributed by atoms with E-state index >= 15 is 0 Å². The molecular formula is C5H5F4NO2. The Kier molecular flexibility index (Phi) is 1.69.